The number of hydrogen-bond acceptors (Lipinski definition) is 4. The van der Waals surface area contributed by atoms with E-state index >= 15 is 0 Å². The first-order chi connectivity index (χ1) is 11.7. The Kier molecular flexibility index (Phi) is 3.65. The molecule has 1 fully saturated rings. The fourth-order valence-corrected chi connectivity index (χ4v) is 3.14. The molecule has 1 aliphatic heterocycles. The van der Waals surface area contributed by atoms with E-state index in [0.29, 0.717) is 23.6 Å². The van der Waals surface area contributed by atoms with Crippen LogP contribution in [-0.4, -0.2) is 22.5 Å². The van der Waals surface area contributed by atoms with Crippen LogP contribution in [0.25, 0.3) is 11.5 Å². The summed E-state index contributed by atoms with van der Waals surface area (Å²) >= 11 is 0. The Balaban J connectivity index is 1.61. The summed E-state index contributed by atoms with van der Waals surface area (Å²) in [6.45, 7) is 0.570. The van der Waals surface area contributed by atoms with Crippen molar-refractivity contribution >= 4 is 5.91 Å². The minimum absolute atomic E-state index is 0.199. The van der Waals surface area contributed by atoms with Crippen LogP contribution in [0.4, 0.5) is 4.39 Å². The molecule has 122 valence electrons. The van der Waals surface area contributed by atoms with E-state index in [0.717, 1.165) is 12.8 Å². The SMILES string of the molecule is O=C(c1cc(-c2ccco2)on1)N1CCCC1c1ccccc1F. The van der Waals surface area contributed by atoms with E-state index in [-0.39, 0.29) is 23.5 Å². The van der Waals surface area contributed by atoms with Crippen LogP contribution in [0.15, 0.2) is 57.7 Å². The molecule has 24 heavy (non-hydrogen) atoms. The molecule has 1 saturated heterocycles. The van der Waals surface area contributed by atoms with Crippen molar-refractivity contribution in [3.8, 4) is 11.5 Å². The van der Waals surface area contributed by atoms with Crippen molar-refractivity contribution in [3.05, 3.63) is 65.8 Å². The standard InChI is InChI=1S/C18H15FN2O3/c19-13-6-2-1-5-12(13)15-7-3-9-21(15)18(22)14-11-17(24-20-14)16-8-4-10-23-16/h1-2,4-6,8,10-11,15H,3,7,9H2. The Morgan fingerprint density at radius 2 is 2.08 bits per heavy atom. The summed E-state index contributed by atoms with van der Waals surface area (Å²) in [6.07, 6.45) is 3.08. The van der Waals surface area contributed by atoms with Crippen molar-refractivity contribution in [2.45, 2.75) is 18.9 Å². The molecule has 0 aliphatic carbocycles. The number of aromatic nitrogens is 1. The lowest BCUT2D eigenvalue weighted by atomic mass is 10.0. The van der Waals surface area contributed by atoms with Crippen molar-refractivity contribution in [2.24, 2.45) is 0 Å². The van der Waals surface area contributed by atoms with E-state index in [4.69, 9.17) is 8.94 Å². The highest BCUT2D eigenvalue weighted by Gasteiger charge is 2.33. The minimum atomic E-state index is -0.293. The largest absolute Gasteiger partial charge is 0.461 e. The molecule has 6 heteroatoms. The van der Waals surface area contributed by atoms with Gasteiger partial charge in [0.05, 0.1) is 12.3 Å². The third-order valence-electron chi connectivity index (χ3n) is 4.27. The average molecular weight is 326 g/mol. The zero-order valence-corrected chi connectivity index (χ0v) is 12.8. The first-order valence-electron chi connectivity index (χ1n) is 7.80. The second-order valence-corrected chi connectivity index (χ2v) is 5.73. The van der Waals surface area contributed by atoms with Gasteiger partial charge in [0.2, 0.25) is 5.76 Å². The van der Waals surface area contributed by atoms with E-state index in [2.05, 4.69) is 5.16 Å². The van der Waals surface area contributed by atoms with Crippen LogP contribution in [0.3, 0.4) is 0 Å². The Labute approximate surface area is 137 Å². The molecule has 1 aliphatic rings. The molecule has 4 rings (SSSR count). The van der Waals surface area contributed by atoms with Gasteiger partial charge in [0.25, 0.3) is 5.91 Å². The zero-order valence-electron chi connectivity index (χ0n) is 12.8. The second kappa shape index (κ2) is 5.96. The monoisotopic (exact) mass is 326 g/mol. The van der Waals surface area contributed by atoms with Gasteiger partial charge in [-0.2, -0.15) is 0 Å². The van der Waals surface area contributed by atoms with Gasteiger partial charge < -0.3 is 13.8 Å². The van der Waals surface area contributed by atoms with Gasteiger partial charge in [-0.05, 0) is 31.0 Å². The molecule has 2 aromatic heterocycles. The fourth-order valence-electron chi connectivity index (χ4n) is 3.14. The quantitative estimate of drug-likeness (QED) is 0.728. The predicted octanol–water partition coefficient (Wildman–Crippen LogP) is 4.05. The summed E-state index contributed by atoms with van der Waals surface area (Å²) in [7, 11) is 0. The Morgan fingerprint density at radius 3 is 2.88 bits per heavy atom. The van der Waals surface area contributed by atoms with E-state index in [1.165, 1.54) is 12.3 Å². The lowest BCUT2D eigenvalue weighted by molar-refractivity contribution is 0.0723. The predicted molar refractivity (Wildman–Crippen MR) is 83.6 cm³/mol. The molecule has 5 nitrogen and oxygen atoms in total. The molecule has 3 aromatic rings. The highest BCUT2D eigenvalue weighted by Crippen LogP contribution is 2.34. The van der Waals surface area contributed by atoms with Gasteiger partial charge in [-0.25, -0.2) is 4.39 Å². The number of benzene rings is 1. The number of halogens is 1. The van der Waals surface area contributed by atoms with E-state index in [1.54, 1.807) is 41.3 Å². The Bertz CT molecular complexity index is 857. The number of amides is 1. The molecule has 0 saturated carbocycles. The van der Waals surface area contributed by atoms with Crippen LogP contribution in [0, 0.1) is 5.82 Å². The number of nitrogens with zero attached hydrogens (tertiary/aromatic N) is 2. The maximum absolute atomic E-state index is 14.1. The third kappa shape index (κ3) is 2.50. The summed E-state index contributed by atoms with van der Waals surface area (Å²) in [6, 6.07) is 11.3. The fraction of sp³-hybridized carbons (Fsp3) is 0.222. The molecule has 0 N–H and O–H groups in total. The summed E-state index contributed by atoms with van der Waals surface area (Å²) in [5.41, 5.74) is 0.739. The molecule has 1 atom stereocenters. The van der Waals surface area contributed by atoms with Gasteiger partial charge >= 0.3 is 0 Å². The van der Waals surface area contributed by atoms with Crippen LogP contribution in [0.2, 0.25) is 0 Å². The Morgan fingerprint density at radius 1 is 1.21 bits per heavy atom. The number of likely N-dealkylation sites (tertiary alicyclic amines) is 1. The van der Waals surface area contributed by atoms with Gasteiger partial charge in [0, 0.05) is 18.2 Å². The number of carbonyl (C=O) groups is 1. The van der Waals surface area contributed by atoms with Crippen LogP contribution >= 0.6 is 0 Å². The number of rotatable bonds is 3. The summed E-state index contributed by atoms with van der Waals surface area (Å²) in [4.78, 5) is 14.4. The molecular weight excluding hydrogens is 311 g/mol. The molecule has 0 bridgehead atoms. The van der Waals surface area contributed by atoms with Crippen molar-refractivity contribution < 1.29 is 18.1 Å². The molecule has 1 aromatic carbocycles. The van der Waals surface area contributed by atoms with Gasteiger partial charge in [-0.15, -0.1) is 0 Å². The smallest absolute Gasteiger partial charge is 0.276 e. The van der Waals surface area contributed by atoms with Crippen molar-refractivity contribution in [3.63, 3.8) is 0 Å². The number of carbonyl (C=O) groups excluding carboxylic acids is 1. The summed E-state index contributed by atoms with van der Waals surface area (Å²) < 4.78 is 24.5. The van der Waals surface area contributed by atoms with Gasteiger partial charge in [0.15, 0.2) is 11.5 Å². The Hall–Kier alpha value is -2.89. The summed E-state index contributed by atoms with van der Waals surface area (Å²) in [5.74, 6) is 0.347. The summed E-state index contributed by atoms with van der Waals surface area (Å²) in [5, 5.41) is 3.85. The normalized spacial score (nSPS) is 17.4. The third-order valence-corrected chi connectivity index (χ3v) is 4.27. The maximum atomic E-state index is 14.1. The molecular formula is C18H15FN2O3. The maximum Gasteiger partial charge on any atom is 0.276 e. The minimum Gasteiger partial charge on any atom is -0.461 e. The molecule has 0 spiro atoms. The van der Waals surface area contributed by atoms with Gasteiger partial charge in [0.1, 0.15) is 5.82 Å². The van der Waals surface area contributed by atoms with Gasteiger partial charge in [-0.1, -0.05) is 23.4 Å². The van der Waals surface area contributed by atoms with Crippen molar-refractivity contribution in [1.29, 1.82) is 0 Å². The van der Waals surface area contributed by atoms with Crippen LogP contribution < -0.4 is 0 Å². The molecule has 1 amide bonds. The van der Waals surface area contributed by atoms with E-state index in [1.807, 2.05) is 0 Å². The van der Waals surface area contributed by atoms with E-state index in [9.17, 15) is 9.18 Å². The van der Waals surface area contributed by atoms with Crippen LogP contribution in [0.5, 0.6) is 0 Å². The first kappa shape index (κ1) is 14.7. The zero-order chi connectivity index (χ0) is 16.5. The number of hydrogen-bond donors (Lipinski definition) is 0. The first-order valence-corrected chi connectivity index (χ1v) is 7.80. The molecule has 3 heterocycles. The lowest BCUT2D eigenvalue weighted by Crippen LogP contribution is -2.31. The molecule has 1 unspecified atom stereocenters. The van der Waals surface area contributed by atoms with Crippen LogP contribution in [-0.2, 0) is 0 Å². The van der Waals surface area contributed by atoms with E-state index < -0.39 is 0 Å². The van der Waals surface area contributed by atoms with Gasteiger partial charge in [-0.3, -0.25) is 4.79 Å². The van der Waals surface area contributed by atoms with Crippen molar-refractivity contribution in [2.75, 3.05) is 6.54 Å². The highest BCUT2D eigenvalue weighted by atomic mass is 19.1. The number of furan rings is 1. The average Bonchev–Trinajstić information content (AvgIpc) is 3.34. The highest BCUT2D eigenvalue weighted by molar-refractivity contribution is 5.93. The lowest BCUT2D eigenvalue weighted by Gasteiger charge is -2.24. The molecule has 0 radical (unpaired) electrons. The van der Waals surface area contributed by atoms with Crippen LogP contribution in [0.1, 0.15) is 34.9 Å². The second-order valence-electron chi connectivity index (χ2n) is 5.73. The topological polar surface area (TPSA) is 59.5 Å². The van der Waals surface area contributed by atoms with Crippen molar-refractivity contribution in [1.82, 2.24) is 10.1 Å².